The monoisotopic (exact) mass is 451 g/mol. The number of carboxylic acid groups (broad SMARTS) is 1. The largest absolute Gasteiger partial charge is 0.490 e. The number of aliphatic carboxylic acids is 1. The van der Waals surface area contributed by atoms with Crippen molar-refractivity contribution in [1.82, 2.24) is 10.2 Å². The summed E-state index contributed by atoms with van der Waals surface area (Å²) in [4.78, 5) is 58.9. The fourth-order valence-corrected chi connectivity index (χ4v) is 3.31. The van der Waals surface area contributed by atoms with Gasteiger partial charge in [0.1, 0.15) is 6.04 Å². The summed E-state index contributed by atoms with van der Waals surface area (Å²) in [6, 6.07) is 3.96. The number of carbonyl (C=O) groups excluding carboxylic acids is 4. The molecule has 4 rings (SSSR count). The minimum atomic E-state index is -5.08. The Hall–Kier alpha value is -3.88. The van der Waals surface area contributed by atoms with Crippen molar-refractivity contribution in [1.29, 1.82) is 0 Å². The van der Waals surface area contributed by atoms with Gasteiger partial charge in [-0.2, -0.15) is 13.2 Å². The van der Waals surface area contributed by atoms with Crippen LogP contribution in [0, 0.1) is 12.3 Å². The Bertz CT molecular complexity index is 1070. The van der Waals surface area contributed by atoms with Gasteiger partial charge in [-0.1, -0.05) is 12.0 Å². The highest BCUT2D eigenvalue weighted by atomic mass is 19.4. The van der Waals surface area contributed by atoms with Crippen molar-refractivity contribution in [2.24, 2.45) is 0 Å². The van der Waals surface area contributed by atoms with Gasteiger partial charge in [0, 0.05) is 12.1 Å². The number of terminal acetylenes is 1. The average molecular weight is 451 g/mol. The molecule has 0 aromatic heterocycles. The molecule has 2 fully saturated rings. The molecule has 3 N–H and O–H groups in total. The van der Waals surface area contributed by atoms with Crippen LogP contribution < -0.4 is 10.6 Å². The Kier molecular flexibility index (Phi) is 5.69. The Balaban J connectivity index is 0.000000360. The highest BCUT2D eigenvalue weighted by Crippen LogP contribution is 2.41. The summed E-state index contributed by atoms with van der Waals surface area (Å²) in [7, 11) is 0. The van der Waals surface area contributed by atoms with E-state index in [1.165, 1.54) is 0 Å². The zero-order valence-electron chi connectivity index (χ0n) is 16.3. The number of imide groups is 2. The lowest BCUT2D eigenvalue weighted by Crippen LogP contribution is -2.54. The molecule has 32 heavy (non-hydrogen) atoms. The second-order valence-corrected chi connectivity index (χ2v) is 7.33. The van der Waals surface area contributed by atoms with Crippen LogP contribution in [0.25, 0.3) is 0 Å². The number of halogens is 3. The summed E-state index contributed by atoms with van der Waals surface area (Å²) >= 11 is 0. The quantitative estimate of drug-likeness (QED) is 0.466. The van der Waals surface area contributed by atoms with Gasteiger partial charge in [-0.25, -0.2) is 4.79 Å². The SMILES string of the molecule is C#CC1(Nc2cccc3c2C(=O)N(C2CCC(=O)NC2=O)C3=O)CC1.O=C(O)C(F)(F)F. The minimum absolute atomic E-state index is 0.0924. The Morgan fingerprint density at radius 2 is 1.84 bits per heavy atom. The summed E-state index contributed by atoms with van der Waals surface area (Å²) in [5, 5.41) is 12.5. The molecule has 12 heteroatoms. The number of nitrogens with zero attached hydrogens (tertiary/aromatic N) is 1. The van der Waals surface area contributed by atoms with E-state index < -0.39 is 47.4 Å². The predicted molar refractivity (Wildman–Crippen MR) is 101 cm³/mol. The van der Waals surface area contributed by atoms with Crippen molar-refractivity contribution in [3.8, 4) is 12.3 Å². The predicted octanol–water partition coefficient (Wildman–Crippen LogP) is 1.30. The maximum Gasteiger partial charge on any atom is 0.490 e. The molecule has 3 aliphatic rings. The van der Waals surface area contributed by atoms with Crippen LogP contribution in [0.15, 0.2) is 18.2 Å². The van der Waals surface area contributed by atoms with Gasteiger partial charge in [0.15, 0.2) is 0 Å². The van der Waals surface area contributed by atoms with E-state index in [9.17, 15) is 32.3 Å². The standard InChI is InChI=1S/C18H15N3O4.C2HF3O2/c1-2-18(8-9-18)20-11-5-3-4-10-14(11)17(25)21(16(10)24)12-6-7-13(22)19-15(12)23;3-2(4,5)1(6)7/h1,3-5,12,20H,6-9H2,(H,19,22,23);(H,6,7). The fraction of sp³-hybridized carbons (Fsp3) is 0.350. The number of piperidine rings is 1. The van der Waals surface area contributed by atoms with E-state index in [1.54, 1.807) is 18.2 Å². The Morgan fingerprint density at radius 3 is 2.34 bits per heavy atom. The summed E-state index contributed by atoms with van der Waals surface area (Å²) in [6.45, 7) is 0. The first-order valence-electron chi connectivity index (χ1n) is 9.31. The highest BCUT2D eigenvalue weighted by Gasteiger charge is 2.47. The molecule has 1 unspecified atom stereocenters. The molecule has 1 aliphatic carbocycles. The van der Waals surface area contributed by atoms with Gasteiger partial charge in [0.05, 0.1) is 16.7 Å². The number of hydrogen-bond acceptors (Lipinski definition) is 6. The highest BCUT2D eigenvalue weighted by molar-refractivity contribution is 6.25. The molecule has 9 nitrogen and oxygen atoms in total. The van der Waals surface area contributed by atoms with Crippen LogP contribution >= 0.6 is 0 Å². The van der Waals surface area contributed by atoms with Gasteiger partial charge in [-0.15, -0.1) is 6.42 Å². The second kappa shape index (κ2) is 7.99. The zero-order valence-corrected chi connectivity index (χ0v) is 16.3. The number of carbonyl (C=O) groups is 5. The number of nitrogens with one attached hydrogen (secondary N) is 2. The molecule has 1 saturated heterocycles. The van der Waals surface area contributed by atoms with Crippen LogP contribution in [0.1, 0.15) is 46.4 Å². The van der Waals surface area contributed by atoms with Gasteiger partial charge < -0.3 is 10.4 Å². The molecule has 0 radical (unpaired) electrons. The Labute approximate surface area is 178 Å². The van der Waals surface area contributed by atoms with E-state index in [1.807, 2.05) is 0 Å². The fourth-order valence-electron chi connectivity index (χ4n) is 3.31. The normalized spacial score (nSPS) is 21.1. The van der Waals surface area contributed by atoms with Crippen LogP contribution in [0.3, 0.4) is 0 Å². The molecule has 1 atom stereocenters. The molecule has 1 aromatic carbocycles. The van der Waals surface area contributed by atoms with Gasteiger partial charge in [-0.3, -0.25) is 29.4 Å². The minimum Gasteiger partial charge on any atom is -0.475 e. The topological polar surface area (TPSA) is 133 Å². The number of benzene rings is 1. The van der Waals surface area contributed by atoms with Crippen LogP contribution in [0.5, 0.6) is 0 Å². The first-order valence-corrected chi connectivity index (χ1v) is 9.31. The smallest absolute Gasteiger partial charge is 0.475 e. The molecule has 4 amide bonds. The maximum atomic E-state index is 12.9. The number of carboxylic acids is 1. The molecule has 0 bridgehead atoms. The Morgan fingerprint density at radius 1 is 1.22 bits per heavy atom. The third-order valence-electron chi connectivity index (χ3n) is 5.11. The van der Waals surface area contributed by atoms with E-state index in [4.69, 9.17) is 16.3 Å². The number of hydrogen-bond donors (Lipinski definition) is 3. The molecular weight excluding hydrogens is 435 g/mol. The van der Waals surface area contributed by atoms with Gasteiger partial charge in [0.25, 0.3) is 11.8 Å². The van der Waals surface area contributed by atoms with E-state index in [-0.39, 0.29) is 24.0 Å². The molecule has 2 aliphatic heterocycles. The summed E-state index contributed by atoms with van der Waals surface area (Å²) in [5.74, 6) is -2.16. The van der Waals surface area contributed by atoms with Gasteiger partial charge in [0.2, 0.25) is 11.8 Å². The van der Waals surface area contributed by atoms with E-state index >= 15 is 0 Å². The first-order chi connectivity index (χ1) is 14.9. The number of amides is 4. The second-order valence-electron chi connectivity index (χ2n) is 7.33. The molecule has 2 heterocycles. The van der Waals surface area contributed by atoms with Crippen molar-refractivity contribution in [2.75, 3.05) is 5.32 Å². The van der Waals surface area contributed by atoms with Crippen LogP contribution in [0.4, 0.5) is 18.9 Å². The third-order valence-corrected chi connectivity index (χ3v) is 5.11. The van der Waals surface area contributed by atoms with Gasteiger partial charge in [-0.05, 0) is 31.4 Å². The van der Waals surface area contributed by atoms with Crippen molar-refractivity contribution in [3.63, 3.8) is 0 Å². The number of rotatable bonds is 3. The number of anilines is 1. The van der Waals surface area contributed by atoms with E-state index in [2.05, 4.69) is 16.6 Å². The third kappa shape index (κ3) is 4.27. The average Bonchev–Trinajstić information content (AvgIpc) is 3.43. The van der Waals surface area contributed by atoms with E-state index in [0.29, 0.717) is 5.69 Å². The van der Waals surface area contributed by atoms with Crippen molar-refractivity contribution >= 4 is 35.3 Å². The van der Waals surface area contributed by atoms with Crippen LogP contribution in [-0.4, -0.2) is 57.4 Å². The molecule has 0 spiro atoms. The first kappa shape index (κ1) is 22.8. The lowest BCUT2D eigenvalue weighted by Gasteiger charge is -2.27. The summed E-state index contributed by atoms with van der Waals surface area (Å²) in [5.41, 5.74) is 0.507. The van der Waals surface area contributed by atoms with E-state index in [0.717, 1.165) is 17.7 Å². The lowest BCUT2D eigenvalue weighted by atomic mass is 10.0. The van der Waals surface area contributed by atoms with Crippen molar-refractivity contribution in [3.05, 3.63) is 29.3 Å². The lowest BCUT2D eigenvalue weighted by molar-refractivity contribution is -0.192. The summed E-state index contributed by atoms with van der Waals surface area (Å²) in [6.07, 6.45) is 2.28. The number of alkyl halides is 3. The number of fused-ring (bicyclic) bond motifs is 1. The molecule has 168 valence electrons. The van der Waals surface area contributed by atoms with Crippen molar-refractivity contribution < 1.29 is 42.3 Å². The molecule has 1 saturated carbocycles. The van der Waals surface area contributed by atoms with Gasteiger partial charge >= 0.3 is 12.1 Å². The summed E-state index contributed by atoms with van der Waals surface area (Å²) < 4.78 is 31.7. The van der Waals surface area contributed by atoms with Crippen molar-refractivity contribution in [2.45, 2.75) is 43.4 Å². The van der Waals surface area contributed by atoms with Crippen LogP contribution in [-0.2, 0) is 14.4 Å². The molecule has 1 aromatic rings. The van der Waals surface area contributed by atoms with Crippen LogP contribution in [0.2, 0.25) is 0 Å². The molecular formula is C20H16F3N3O6. The maximum absolute atomic E-state index is 12.9. The zero-order chi connectivity index (χ0) is 23.8.